The minimum Gasteiger partial charge on any atom is -0.476 e. The van der Waals surface area contributed by atoms with Gasteiger partial charge < -0.3 is 14.9 Å². The van der Waals surface area contributed by atoms with Gasteiger partial charge in [0.15, 0.2) is 11.5 Å². The van der Waals surface area contributed by atoms with Gasteiger partial charge in [0.05, 0.1) is 12.1 Å². The first-order valence-corrected chi connectivity index (χ1v) is 5.63. The first kappa shape index (κ1) is 12.6. The summed E-state index contributed by atoms with van der Waals surface area (Å²) in [5, 5.41) is 15.0. The van der Waals surface area contributed by atoms with E-state index in [2.05, 4.69) is 10.5 Å². The van der Waals surface area contributed by atoms with Crippen molar-refractivity contribution in [2.24, 2.45) is 0 Å². The third-order valence-electron chi connectivity index (χ3n) is 3.14. The number of rotatable bonds is 3. The average molecular weight is 253 g/mol. The first-order chi connectivity index (χ1) is 8.41. The van der Waals surface area contributed by atoms with E-state index in [4.69, 9.17) is 9.63 Å². The number of aromatic carboxylic acids is 1. The molecule has 1 aliphatic heterocycles. The Morgan fingerprint density at radius 2 is 2.39 bits per heavy atom. The molecule has 1 saturated heterocycles. The van der Waals surface area contributed by atoms with E-state index in [-0.39, 0.29) is 11.6 Å². The van der Waals surface area contributed by atoms with E-state index in [9.17, 15) is 9.59 Å². The van der Waals surface area contributed by atoms with Gasteiger partial charge in [-0.05, 0) is 13.8 Å². The maximum Gasteiger partial charge on any atom is 0.358 e. The van der Waals surface area contributed by atoms with Gasteiger partial charge >= 0.3 is 5.97 Å². The van der Waals surface area contributed by atoms with E-state index >= 15 is 0 Å². The van der Waals surface area contributed by atoms with Crippen LogP contribution in [-0.2, 0) is 11.3 Å². The SMILES string of the molecule is CC1(C)C(=O)NCCN1Cc1cc(C(=O)O)no1. The number of nitrogens with zero attached hydrogens (tertiary/aromatic N) is 2. The normalized spacial score (nSPS) is 19.6. The van der Waals surface area contributed by atoms with Gasteiger partial charge in [-0.15, -0.1) is 0 Å². The molecule has 7 heteroatoms. The van der Waals surface area contributed by atoms with Crippen molar-refractivity contribution in [3.8, 4) is 0 Å². The largest absolute Gasteiger partial charge is 0.476 e. The van der Waals surface area contributed by atoms with Gasteiger partial charge in [0.1, 0.15) is 0 Å². The number of piperazine rings is 1. The van der Waals surface area contributed by atoms with Gasteiger partial charge in [-0.3, -0.25) is 9.69 Å². The Hall–Kier alpha value is -1.89. The third kappa shape index (κ3) is 2.21. The van der Waals surface area contributed by atoms with E-state index in [1.54, 1.807) is 0 Å². The Balaban J connectivity index is 2.12. The molecule has 1 aromatic heterocycles. The monoisotopic (exact) mass is 253 g/mol. The molecule has 0 unspecified atom stereocenters. The predicted molar refractivity (Wildman–Crippen MR) is 61.0 cm³/mol. The van der Waals surface area contributed by atoms with Crippen molar-refractivity contribution in [1.29, 1.82) is 0 Å². The molecule has 0 radical (unpaired) electrons. The quantitative estimate of drug-likeness (QED) is 0.792. The number of hydrogen-bond acceptors (Lipinski definition) is 5. The molecule has 2 heterocycles. The third-order valence-corrected chi connectivity index (χ3v) is 3.14. The fraction of sp³-hybridized carbons (Fsp3) is 0.545. The van der Waals surface area contributed by atoms with Crippen molar-refractivity contribution in [3.05, 3.63) is 17.5 Å². The number of nitrogens with one attached hydrogen (secondary N) is 1. The summed E-state index contributed by atoms with van der Waals surface area (Å²) in [4.78, 5) is 24.4. The zero-order valence-electron chi connectivity index (χ0n) is 10.3. The zero-order chi connectivity index (χ0) is 13.3. The molecular weight excluding hydrogens is 238 g/mol. The van der Waals surface area contributed by atoms with Gasteiger partial charge in [-0.2, -0.15) is 0 Å². The number of amides is 1. The van der Waals surface area contributed by atoms with Crippen LogP contribution in [0.1, 0.15) is 30.1 Å². The van der Waals surface area contributed by atoms with E-state index in [1.807, 2.05) is 18.7 Å². The van der Waals surface area contributed by atoms with Crippen molar-refractivity contribution >= 4 is 11.9 Å². The Bertz CT molecular complexity index is 480. The standard InChI is InChI=1S/C11H15N3O4/c1-11(2)10(17)12-3-4-14(11)6-7-5-8(9(15)16)13-18-7/h5H,3-4,6H2,1-2H3,(H,12,17)(H,15,16). The molecule has 98 valence electrons. The van der Waals surface area contributed by atoms with Crippen LogP contribution in [0.25, 0.3) is 0 Å². The Morgan fingerprint density at radius 3 is 3.00 bits per heavy atom. The molecule has 0 atom stereocenters. The summed E-state index contributed by atoms with van der Waals surface area (Å²) in [7, 11) is 0. The summed E-state index contributed by atoms with van der Waals surface area (Å²) in [5.41, 5.74) is -0.765. The first-order valence-electron chi connectivity index (χ1n) is 5.63. The molecule has 7 nitrogen and oxygen atoms in total. The maximum atomic E-state index is 11.7. The molecule has 2 rings (SSSR count). The molecule has 0 saturated carbocycles. The molecule has 0 bridgehead atoms. The smallest absolute Gasteiger partial charge is 0.358 e. The van der Waals surface area contributed by atoms with Crippen LogP contribution in [0.3, 0.4) is 0 Å². The molecule has 0 spiro atoms. The van der Waals surface area contributed by atoms with Gasteiger partial charge in [0.2, 0.25) is 5.91 Å². The van der Waals surface area contributed by atoms with Crippen LogP contribution in [0.2, 0.25) is 0 Å². The molecule has 1 aliphatic rings. The second-order valence-electron chi connectivity index (χ2n) is 4.72. The summed E-state index contributed by atoms with van der Waals surface area (Å²) in [6, 6.07) is 1.38. The van der Waals surface area contributed by atoms with Crippen molar-refractivity contribution in [2.45, 2.75) is 25.9 Å². The second kappa shape index (κ2) is 4.41. The minimum absolute atomic E-state index is 0.0493. The van der Waals surface area contributed by atoms with Gasteiger partial charge in [-0.25, -0.2) is 4.79 Å². The summed E-state index contributed by atoms with van der Waals surface area (Å²) in [6.07, 6.45) is 0. The number of carbonyl (C=O) groups excluding carboxylic acids is 1. The molecule has 1 fully saturated rings. The van der Waals surface area contributed by atoms with Crippen molar-refractivity contribution in [2.75, 3.05) is 13.1 Å². The highest BCUT2D eigenvalue weighted by atomic mass is 16.5. The molecule has 0 aromatic carbocycles. The van der Waals surface area contributed by atoms with Gasteiger partial charge in [0, 0.05) is 19.2 Å². The maximum absolute atomic E-state index is 11.7. The highest BCUT2D eigenvalue weighted by molar-refractivity contribution is 5.86. The average Bonchev–Trinajstić information content (AvgIpc) is 2.74. The van der Waals surface area contributed by atoms with Crippen LogP contribution < -0.4 is 5.32 Å². The number of aromatic nitrogens is 1. The second-order valence-corrected chi connectivity index (χ2v) is 4.72. The van der Waals surface area contributed by atoms with Gasteiger partial charge in [-0.1, -0.05) is 5.16 Å². The van der Waals surface area contributed by atoms with E-state index in [1.165, 1.54) is 6.07 Å². The lowest BCUT2D eigenvalue weighted by Gasteiger charge is -2.40. The summed E-state index contributed by atoms with van der Waals surface area (Å²) < 4.78 is 4.95. The molecule has 1 amide bonds. The molecule has 0 aliphatic carbocycles. The summed E-state index contributed by atoms with van der Waals surface area (Å²) in [6.45, 7) is 5.25. The Kier molecular flexibility index (Phi) is 3.08. The topological polar surface area (TPSA) is 95.7 Å². The summed E-state index contributed by atoms with van der Waals surface area (Å²) >= 11 is 0. The van der Waals surface area contributed by atoms with Gasteiger partial charge in [0.25, 0.3) is 0 Å². The lowest BCUT2D eigenvalue weighted by atomic mass is 9.99. The zero-order valence-corrected chi connectivity index (χ0v) is 10.3. The Morgan fingerprint density at radius 1 is 1.67 bits per heavy atom. The summed E-state index contributed by atoms with van der Waals surface area (Å²) in [5.74, 6) is -0.734. The number of carboxylic acids is 1. The highest BCUT2D eigenvalue weighted by Gasteiger charge is 2.38. The lowest BCUT2D eigenvalue weighted by molar-refractivity contribution is -0.135. The Labute approximate surface area is 104 Å². The van der Waals surface area contributed by atoms with Crippen LogP contribution >= 0.6 is 0 Å². The van der Waals surface area contributed by atoms with E-state index < -0.39 is 11.5 Å². The highest BCUT2D eigenvalue weighted by Crippen LogP contribution is 2.20. The van der Waals surface area contributed by atoms with Crippen molar-refractivity contribution in [3.63, 3.8) is 0 Å². The molecule has 18 heavy (non-hydrogen) atoms. The fourth-order valence-electron chi connectivity index (χ4n) is 1.90. The van der Waals surface area contributed by atoms with Crippen LogP contribution in [-0.4, -0.2) is 45.7 Å². The molecular formula is C11H15N3O4. The van der Waals surface area contributed by atoms with Crippen LogP contribution in [0.5, 0.6) is 0 Å². The lowest BCUT2D eigenvalue weighted by Crippen LogP contribution is -2.61. The van der Waals surface area contributed by atoms with E-state index in [0.717, 1.165) is 0 Å². The van der Waals surface area contributed by atoms with Crippen molar-refractivity contribution in [1.82, 2.24) is 15.4 Å². The van der Waals surface area contributed by atoms with E-state index in [0.29, 0.717) is 25.4 Å². The van der Waals surface area contributed by atoms with Crippen molar-refractivity contribution < 1.29 is 19.2 Å². The fourth-order valence-corrected chi connectivity index (χ4v) is 1.90. The van der Waals surface area contributed by atoms with Crippen LogP contribution in [0, 0.1) is 0 Å². The van der Waals surface area contributed by atoms with Crippen LogP contribution in [0.15, 0.2) is 10.6 Å². The molecule has 2 N–H and O–H groups in total. The predicted octanol–water partition coefficient (Wildman–Crippen LogP) is 0.0832. The number of hydrogen-bond donors (Lipinski definition) is 2. The molecule has 1 aromatic rings. The number of carbonyl (C=O) groups is 2. The minimum atomic E-state index is -1.12. The van der Waals surface area contributed by atoms with Crippen LogP contribution in [0.4, 0.5) is 0 Å². The number of carboxylic acid groups (broad SMARTS) is 1.